The molecule has 1 aliphatic rings. The number of H-pyrrole nitrogens is 1. The van der Waals surface area contributed by atoms with E-state index in [0.29, 0.717) is 12.1 Å². The number of carbonyl (C=O) groups is 2. The normalized spacial score (nSPS) is 18.0. The molecule has 1 aliphatic heterocycles. The molecule has 0 radical (unpaired) electrons. The minimum Gasteiger partial charge on any atom is -0.352 e. The number of benzene rings is 1. The van der Waals surface area contributed by atoms with Crippen molar-refractivity contribution in [3.8, 4) is 0 Å². The summed E-state index contributed by atoms with van der Waals surface area (Å²) in [5.74, 6) is -1.14. The van der Waals surface area contributed by atoms with Crippen molar-refractivity contribution in [2.45, 2.75) is 6.42 Å². The van der Waals surface area contributed by atoms with Crippen LogP contribution in [-0.4, -0.2) is 35.1 Å². The number of aromatic amines is 1. The molecule has 22 heavy (non-hydrogen) atoms. The van der Waals surface area contributed by atoms with Gasteiger partial charge in [-0.25, -0.2) is 4.39 Å². The molecule has 1 unspecified atom stereocenters. The molecule has 1 aromatic heterocycles. The first kappa shape index (κ1) is 14.2. The molecule has 2 amide bonds. The topological polar surface area (TPSA) is 78.1 Å². The Kier molecular flexibility index (Phi) is 3.62. The molecular formula is C15H15FN4O2. The Bertz CT molecular complexity index is 755. The lowest BCUT2D eigenvalue weighted by atomic mass is 10.1. The van der Waals surface area contributed by atoms with Crippen molar-refractivity contribution in [3.05, 3.63) is 36.7 Å². The third-order valence-corrected chi connectivity index (χ3v) is 3.69. The van der Waals surface area contributed by atoms with Crippen LogP contribution in [0.25, 0.3) is 10.9 Å². The van der Waals surface area contributed by atoms with Crippen molar-refractivity contribution in [2.75, 3.05) is 18.0 Å². The fraction of sp³-hybridized carbons (Fsp3) is 0.267. The third kappa shape index (κ3) is 2.34. The standard InChI is InChI=1S/C15H15FN4O2/c1-2-6-17-15(22)9-7-12(21)20(8-9)14-13-10(16)4-3-5-11(13)18-19-14/h2-5,9H,1,6-8H2,(H,17,22)(H,18,19). The van der Waals surface area contributed by atoms with Crippen LogP contribution < -0.4 is 10.2 Å². The highest BCUT2D eigenvalue weighted by atomic mass is 19.1. The lowest BCUT2D eigenvalue weighted by molar-refractivity contribution is -0.126. The van der Waals surface area contributed by atoms with Crippen LogP contribution in [0.15, 0.2) is 30.9 Å². The molecule has 1 saturated heterocycles. The summed E-state index contributed by atoms with van der Waals surface area (Å²) in [6, 6.07) is 4.57. The van der Waals surface area contributed by atoms with Gasteiger partial charge in [0.25, 0.3) is 0 Å². The van der Waals surface area contributed by atoms with E-state index in [1.165, 1.54) is 11.0 Å². The van der Waals surface area contributed by atoms with E-state index in [-0.39, 0.29) is 36.0 Å². The quantitative estimate of drug-likeness (QED) is 0.837. The summed E-state index contributed by atoms with van der Waals surface area (Å²) in [6.45, 7) is 4.07. The zero-order valence-electron chi connectivity index (χ0n) is 11.8. The van der Waals surface area contributed by atoms with Gasteiger partial charge in [-0.1, -0.05) is 12.1 Å². The maximum atomic E-state index is 14.0. The van der Waals surface area contributed by atoms with Gasteiger partial charge in [-0.3, -0.25) is 19.6 Å². The number of hydrogen-bond donors (Lipinski definition) is 2. The van der Waals surface area contributed by atoms with Gasteiger partial charge in [0, 0.05) is 19.5 Å². The van der Waals surface area contributed by atoms with E-state index in [9.17, 15) is 14.0 Å². The van der Waals surface area contributed by atoms with E-state index >= 15 is 0 Å². The smallest absolute Gasteiger partial charge is 0.229 e. The lowest BCUT2D eigenvalue weighted by Gasteiger charge is -2.14. The number of halogens is 1. The number of nitrogens with zero attached hydrogens (tertiary/aromatic N) is 2. The van der Waals surface area contributed by atoms with Gasteiger partial charge in [0.15, 0.2) is 5.82 Å². The van der Waals surface area contributed by atoms with E-state index in [1.807, 2.05) is 0 Å². The largest absolute Gasteiger partial charge is 0.352 e. The van der Waals surface area contributed by atoms with Crippen molar-refractivity contribution in [1.29, 1.82) is 0 Å². The predicted octanol–water partition coefficient (Wildman–Crippen LogP) is 1.36. The number of aromatic nitrogens is 2. The minimum atomic E-state index is -0.467. The Hall–Kier alpha value is -2.70. The number of fused-ring (bicyclic) bond motifs is 1. The second kappa shape index (κ2) is 5.59. The van der Waals surface area contributed by atoms with Gasteiger partial charge < -0.3 is 5.32 Å². The van der Waals surface area contributed by atoms with E-state index in [2.05, 4.69) is 22.1 Å². The SMILES string of the molecule is C=CCNC(=O)C1CC(=O)N(c2n[nH]c3cccc(F)c23)C1. The molecule has 0 bridgehead atoms. The summed E-state index contributed by atoms with van der Waals surface area (Å²) in [5, 5.41) is 9.68. The van der Waals surface area contributed by atoms with Crippen LogP contribution in [0.4, 0.5) is 10.2 Å². The molecule has 7 heteroatoms. The van der Waals surface area contributed by atoms with Crippen molar-refractivity contribution in [1.82, 2.24) is 15.5 Å². The first-order valence-electron chi connectivity index (χ1n) is 6.93. The molecule has 3 rings (SSSR count). The number of carbonyl (C=O) groups excluding carboxylic acids is 2. The van der Waals surface area contributed by atoms with Gasteiger partial charge >= 0.3 is 0 Å². The van der Waals surface area contributed by atoms with Crippen LogP contribution in [-0.2, 0) is 9.59 Å². The average Bonchev–Trinajstić information content (AvgIpc) is 3.09. The van der Waals surface area contributed by atoms with Crippen LogP contribution in [0, 0.1) is 11.7 Å². The molecule has 1 atom stereocenters. The monoisotopic (exact) mass is 302 g/mol. The number of nitrogens with one attached hydrogen (secondary N) is 2. The molecule has 0 aliphatic carbocycles. The summed E-state index contributed by atoms with van der Waals surface area (Å²) in [7, 11) is 0. The Balaban J connectivity index is 1.87. The van der Waals surface area contributed by atoms with Crippen molar-refractivity contribution in [2.24, 2.45) is 5.92 Å². The van der Waals surface area contributed by atoms with Gasteiger partial charge in [-0.05, 0) is 12.1 Å². The third-order valence-electron chi connectivity index (χ3n) is 3.69. The van der Waals surface area contributed by atoms with Crippen LogP contribution in [0.1, 0.15) is 6.42 Å². The zero-order chi connectivity index (χ0) is 15.7. The number of anilines is 1. The molecule has 2 heterocycles. The summed E-state index contributed by atoms with van der Waals surface area (Å²) >= 11 is 0. The highest BCUT2D eigenvalue weighted by Gasteiger charge is 2.37. The zero-order valence-corrected chi connectivity index (χ0v) is 11.8. The Morgan fingerprint density at radius 2 is 2.41 bits per heavy atom. The minimum absolute atomic E-state index is 0.0891. The second-order valence-electron chi connectivity index (χ2n) is 5.15. The van der Waals surface area contributed by atoms with E-state index < -0.39 is 11.7 Å². The summed E-state index contributed by atoms with van der Waals surface area (Å²) < 4.78 is 14.0. The average molecular weight is 302 g/mol. The Morgan fingerprint density at radius 1 is 1.59 bits per heavy atom. The first-order valence-corrected chi connectivity index (χ1v) is 6.93. The summed E-state index contributed by atoms with van der Waals surface area (Å²) in [5.41, 5.74) is 0.516. The van der Waals surface area contributed by atoms with Gasteiger partial charge in [-0.2, -0.15) is 5.10 Å². The van der Waals surface area contributed by atoms with Crippen LogP contribution >= 0.6 is 0 Å². The van der Waals surface area contributed by atoms with Crippen molar-refractivity contribution >= 4 is 28.5 Å². The van der Waals surface area contributed by atoms with E-state index in [1.54, 1.807) is 18.2 Å². The number of amides is 2. The lowest BCUT2D eigenvalue weighted by Crippen LogP contribution is -2.33. The second-order valence-corrected chi connectivity index (χ2v) is 5.15. The van der Waals surface area contributed by atoms with Crippen molar-refractivity contribution < 1.29 is 14.0 Å². The maximum Gasteiger partial charge on any atom is 0.229 e. The maximum absolute atomic E-state index is 14.0. The Labute approximate surface area is 126 Å². The molecule has 2 N–H and O–H groups in total. The molecular weight excluding hydrogens is 287 g/mol. The number of rotatable bonds is 4. The predicted molar refractivity (Wildman–Crippen MR) is 79.7 cm³/mol. The molecule has 114 valence electrons. The van der Waals surface area contributed by atoms with Gasteiger partial charge in [-0.15, -0.1) is 6.58 Å². The molecule has 1 aromatic carbocycles. The molecule has 0 spiro atoms. The molecule has 1 fully saturated rings. The fourth-order valence-electron chi connectivity index (χ4n) is 2.61. The number of hydrogen-bond acceptors (Lipinski definition) is 3. The molecule has 6 nitrogen and oxygen atoms in total. The van der Waals surface area contributed by atoms with E-state index in [0.717, 1.165) is 0 Å². The highest BCUT2D eigenvalue weighted by Crippen LogP contribution is 2.31. The van der Waals surface area contributed by atoms with Gasteiger partial charge in [0.1, 0.15) is 5.82 Å². The van der Waals surface area contributed by atoms with E-state index in [4.69, 9.17) is 0 Å². The fourth-order valence-corrected chi connectivity index (χ4v) is 2.61. The summed E-state index contributed by atoms with van der Waals surface area (Å²) in [4.78, 5) is 25.5. The van der Waals surface area contributed by atoms with Crippen LogP contribution in [0.2, 0.25) is 0 Å². The summed E-state index contributed by atoms with van der Waals surface area (Å²) in [6.07, 6.45) is 1.66. The Morgan fingerprint density at radius 3 is 3.18 bits per heavy atom. The highest BCUT2D eigenvalue weighted by molar-refractivity contribution is 6.05. The van der Waals surface area contributed by atoms with Crippen LogP contribution in [0.5, 0.6) is 0 Å². The molecule has 0 saturated carbocycles. The first-order chi connectivity index (χ1) is 10.6. The van der Waals surface area contributed by atoms with Crippen molar-refractivity contribution in [3.63, 3.8) is 0 Å². The van der Waals surface area contributed by atoms with Gasteiger partial charge in [0.05, 0.1) is 16.8 Å². The van der Waals surface area contributed by atoms with Crippen LogP contribution in [0.3, 0.4) is 0 Å². The molecule has 2 aromatic rings. The van der Waals surface area contributed by atoms with Gasteiger partial charge in [0.2, 0.25) is 11.8 Å².